The normalized spacial score (nSPS) is 10.9. The quantitative estimate of drug-likeness (QED) is 0.261. The predicted molar refractivity (Wildman–Crippen MR) is 117 cm³/mol. The van der Waals surface area contributed by atoms with Crippen molar-refractivity contribution in [3.63, 3.8) is 0 Å². The third-order valence-corrected chi connectivity index (χ3v) is 3.96. The summed E-state index contributed by atoms with van der Waals surface area (Å²) in [6.45, 7) is 4.65. The van der Waals surface area contributed by atoms with Crippen molar-refractivity contribution in [2.45, 2.75) is 26.3 Å². The van der Waals surface area contributed by atoms with Crippen LogP contribution in [0, 0.1) is 0 Å². The molecule has 1 aromatic rings. The first-order chi connectivity index (χ1) is 10.7. The van der Waals surface area contributed by atoms with E-state index < -0.39 is 0 Å². The van der Waals surface area contributed by atoms with E-state index in [4.69, 9.17) is 0 Å². The summed E-state index contributed by atoms with van der Waals surface area (Å²) >= 11 is 1.90. The van der Waals surface area contributed by atoms with Gasteiger partial charge < -0.3 is 15.5 Å². The smallest absolute Gasteiger partial charge is 0.191 e. The van der Waals surface area contributed by atoms with Crippen molar-refractivity contribution in [3.05, 3.63) is 29.8 Å². The molecule has 0 radical (unpaired) electrons. The summed E-state index contributed by atoms with van der Waals surface area (Å²) in [6.07, 6.45) is 4.58. The summed E-state index contributed by atoms with van der Waals surface area (Å²) in [5, 5.41) is 6.71. The summed E-state index contributed by atoms with van der Waals surface area (Å²) in [5.41, 5.74) is 2.44. The molecule has 0 aliphatic rings. The van der Waals surface area contributed by atoms with Gasteiger partial charge in [-0.2, -0.15) is 11.8 Å². The number of hydrogen-bond donors (Lipinski definition) is 2. The van der Waals surface area contributed by atoms with Crippen LogP contribution in [-0.4, -0.2) is 45.2 Å². The number of rotatable bonds is 9. The van der Waals surface area contributed by atoms with E-state index in [-0.39, 0.29) is 24.0 Å². The zero-order valence-electron chi connectivity index (χ0n) is 14.8. The Labute approximate surface area is 162 Å². The first-order valence-electron chi connectivity index (χ1n) is 7.94. The van der Waals surface area contributed by atoms with Crippen LogP contribution in [0.4, 0.5) is 5.69 Å². The van der Waals surface area contributed by atoms with Crippen LogP contribution >= 0.6 is 35.7 Å². The van der Waals surface area contributed by atoms with Crippen molar-refractivity contribution in [2.24, 2.45) is 4.99 Å². The maximum absolute atomic E-state index is 4.67. The second-order valence-electron chi connectivity index (χ2n) is 5.39. The van der Waals surface area contributed by atoms with Crippen molar-refractivity contribution >= 4 is 47.4 Å². The minimum atomic E-state index is 0. The van der Waals surface area contributed by atoms with Crippen LogP contribution in [-0.2, 0) is 6.54 Å². The van der Waals surface area contributed by atoms with Crippen LogP contribution in [0.15, 0.2) is 29.3 Å². The highest BCUT2D eigenvalue weighted by Gasteiger charge is 1.99. The number of aliphatic imine (C=N–C) groups is 1. The Morgan fingerprint density at radius 3 is 2.65 bits per heavy atom. The van der Waals surface area contributed by atoms with Crippen LogP contribution < -0.4 is 15.5 Å². The molecule has 0 amide bonds. The third-order valence-electron chi connectivity index (χ3n) is 3.26. The number of anilines is 1. The Morgan fingerprint density at radius 1 is 1.22 bits per heavy atom. The molecule has 23 heavy (non-hydrogen) atoms. The highest BCUT2D eigenvalue weighted by Crippen LogP contribution is 2.13. The molecule has 2 N–H and O–H groups in total. The minimum absolute atomic E-state index is 0. The molecule has 0 saturated heterocycles. The van der Waals surface area contributed by atoms with E-state index in [9.17, 15) is 0 Å². The van der Waals surface area contributed by atoms with Gasteiger partial charge in [-0.05, 0) is 49.5 Å². The molecule has 0 bridgehead atoms. The van der Waals surface area contributed by atoms with E-state index in [2.05, 4.69) is 72.1 Å². The van der Waals surface area contributed by atoms with Gasteiger partial charge in [-0.1, -0.05) is 12.1 Å². The third kappa shape index (κ3) is 9.96. The highest BCUT2D eigenvalue weighted by molar-refractivity contribution is 14.0. The summed E-state index contributed by atoms with van der Waals surface area (Å²) in [6, 6.07) is 8.51. The Morgan fingerprint density at radius 2 is 2.00 bits per heavy atom. The van der Waals surface area contributed by atoms with Gasteiger partial charge in [-0.25, -0.2) is 4.99 Å². The fourth-order valence-electron chi connectivity index (χ4n) is 2.02. The van der Waals surface area contributed by atoms with Crippen LogP contribution in [0.1, 0.15) is 25.3 Å². The number of unbranched alkanes of at least 4 members (excludes halogenated alkanes) is 1. The fraction of sp³-hybridized carbons (Fsp3) is 0.588. The number of nitrogens with one attached hydrogen (secondary N) is 2. The number of nitrogens with zero attached hydrogens (tertiary/aromatic N) is 2. The van der Waals surface area contributed by atoms with Gasteiger partial charge in [0.1, 0.15) is 0 Å². The number of hydrogen-bond acceptors (Lipinski definition) is 3. The van der Waals surface area contributed by atoms with Gasteiger partial charge in [-0.3, -0.25) is 0 Å². The molecule has 1 rings (SSSR count). The zero-order valence-corrected chi connectivity index (χ0v) is 17.9. The van der Waals surface area contributed by atoms with Crippen molar-refractivity contribution in [2.75, 3.05) is 44.1 Å². The van der Waals surface area contributed by atoms with Crippen molar-refractivity contribution < 1.29 is 0 Å². The molecule has 0 aromatic heterocycles. The fourth-order valence-corrected chi connectivity index (χ4v) is 2.52. The van der Waals surface area contributed by atoms with E-state index >= 15 is 0 Å². The number of benzene rings is 1. The maximum atomic E-state index is 4.67. The lowest BCUT2D eigenvalue weighted by atomic mass is 10.2. The molecule has 0 atom stereocenters. The number of halogens is 1. The van der Waals surface area contributed by atoms with Crippen LogP contribution in [0.2, 0.25) is 0 Å². The molecule has 0 aliphatic heterocycles. The van der Waals surface area contributed by atoms with Gasteiger partial charge in [0.05, 0.1) is 6.54 Å². The number of guanidine groups is 1. The Kier molecular flexibility index (Phi) is 13.4. The van der Waals surface area contributed by atoms with Crippen LogP contribution in [0.5, 0.6) is 0 Å². The molecule has 0 aliphatic carbocycles. The largest absolute Gasteiger partial charge is 0.378 e. The Balaban J connectivity index is 0.00000484. The monoisotopic (exact) mass is 450 g/mol. The summed E-state index contributed by atoms with van der Waals surface area (Å²) in [4.78, 5) is 6.79. The van der Waals surface area contributed by atoms with E-state index in [1.807, 2.05) is 11.8 Å². The van der Waals surface area contributed by atoms with E-state index in [0.29, 0.717) is 6.54 Å². The molecule has 0 spiro atoms. The Bertz CT molecular complexity index is 452. The molecule has 0 unspecified atom stereocenters. The average Bonchev–Trinajstić information content (AvgIpc) is 2.52. The van der Waals surface area contributed by atoms with Gasteiger partial charge in [0, 0.05) is 32.9 Å². The van der Waals surface area contributed by atoms with E-state index in [1.165, 1.54) is 29.8 Å². The van der Waals surface area contributed by atoms with E-state index in [1.54, 1.807) is 0 Å². The molecular weight excluding hydrogens is 419 g/mol. The standard InChI is InChI=1S/C17H30N4S.HI/c1-5-18-17(19-11-6-7-12-22-4)20-14-15-9-8-10-16(13-15)21(2)3;/h8-10,13H,5-7,11-12,14H2,1-4H3,(H2,18,19,20);1H. The summed E-state index contributed by atoms with van der Waals surface area (Å²) in [5.74, 6) is 2.13. The first-order valence-corrected chi connectivity index (χ1v) is 9.34. The van der Waals surface area contributed by atoms with Crippen molar-refractivity contribution in [1.29, 1.82) is 0 Å². The van der Waals surface area contributed by atoms with Gasteiger partial charge in [-0.15, -0.1) is 24.0 Å². The lowest BCUT2D eigenvalue weighted by molar-refractivity contribution is 0.734. The van der Waals surface area contributed by atoms with Gasteiger partial charge in [0.2, 0.25) is 0 Å². The van der Waals surface area contributed by atoms with Gasteiger partial charge in [0.15, 0.2) is 5.96 Å². The second kappa shape index (κ2) is 13.8. The van der Waals surface area contributed by atoms with Crippen LogP contribution in [0.25, 0.3) is 0 Å². The zero-order chi connectivity index (χ0) is 16.2. The Hall–Kier alpha value is -0.630. The molecular formula is C17H31IN4S. The van der Waals surface area contributed by atoms with Gasteiger partial charge >= 0.3 is 0 Å². The maximum Gasteiger partial charge on any atom is 0.191 e. The van der Waals surface area contributed by atoms with Crippen molar-refractivity contribution in [3.8, 4) is 0 Å². The molecule has 132 valence electrons. The molecule has 6 heteroatoms. The molecule has 0 saturated carbocycles. The average molecular weight is 450 g/mol. The van der Waals surface area contributed by atoms with Crippen molar-refractivity contribution in [1.82, 2.24) is 10.6 Å². The number of thioether (sulfide) groups is 1. The lowest BCUT2D eigenvalue weighted by Crippen LogP contribution is -2.37. The molecule has 0 heterocycles. The minimum Gasteiger partial charge on any atom is -0.378 e. The topological polar surface area (TPSA) is 39.7 Å². The van der Waals surface area contributed by atoms with Gasteiger partial charge in [0.25, 0.3) is 0 Å². The molecule has 4 nitrogen and oxygen atoms in total. The van der Waals surface area contributed by atoms with E-state index in [0.717, 1.165) is 19.0 Å². The lowest BCUT2D eigenvalue weighted by Gasteiger charge is -2.14. The summed E-state index contributed by atoms with van der Waals surface area (Å²) < 4.78 is 0. The summed E-state index contributed by atoms with van der Waals surface area (Å²) in [7, 11) is 4.12. The SMILES string of the molecule is CCNC(=NCc1cccc(N(C)C)c1)NCCCCSC.I. The highest BCUT2D eigenvalue weighted by atomic mass is 127. The predicted octanol–water partition coefficient (Wildman–Crippen LogP) is 3.57. The molecule has 0 fully saturated rings. The first kappa shape index (κ1) is 22.4. The van der Waals surface area contributed by atoms with Crippen LogP contribution in [0.3, 0.4) is 0 Å². The molecule has 1 aromatic carbocycles. The second-order valence-corrected chi connectivity index (χ2v) is 6.37.